The molecular weight excluding hydrogens is 407 g/mol. The average Bonchev–Trinajstić information content (AvgIpc) is 3.11. The molecule has 4 amide bonds. The normalized spacial score (nSPS) is 15.4. The van der Waals surface area contributed by atoms with Gasteiger partial charge in [-0.05, 0) is 29.3 Å². The summed E-state index contributed by atoms with van der Waals surface area (Å²) in [6, 6.07) is 11.2. The maximum absolute atomic E-state index is 14.8. The number of carbonyl (C=O) groups is 4. The van der Waals surface area contributed by atoms with Gasteiger partial charge in [-0.25, -0.2) is 9.18 Å². The van der Waals surface area contributed by atoms with E-state index in [1.54, 1.807) is 36.4 Å². The predicted octanol–water partition coefficient (Wildman–Crippen LogP) is 1.06. The summed E-state index contributed by atoms with van der Waals surface area (Å²) in [5.41, 5.74) is 6.86. The number of benzene rings is 2. The molecule has 2 aromatic rings. The molecule has 1 aliphatic heterocycles. The van der Waals surface area contributed by atoms with Gasteiger partial charge in [0.25, 0.3) is 0 Å². The fraction of sp³-hybridized carbons (Fsp3) is 0.238. The van der Waals surface area contributed by atoms with E-state index in [1.807, 2.05) is 0 Å². The number of anilines is 1. The number of hydrogen-bond acceptors (Lipinski definition) is 5. The highest BCUT2D eigenvalue weighted by molar-refractivity contribution is 6.34. The van der Waals surface area contributed by atoms with Gasteiger partial charge in [0, 0.05) is 19.0 Å². The molecule has 2 aromatic carbocycles. The quantitative estimate of drug-likeness (QED) is 0.592. The molecule has 0 bridgehead atoms. The lowest BCUT2D eigenvalue weighted by Crippen LogP contribution is -2.35. The summed E-state index contributed by atoms with van der Waals surface area (Å²) in [4.78, 5) is 46.4. The standard InChI is InChI=1S/C21H21FN4O5/c1-12(27)24-10-16-11-26(21(30)31-16)15-6-7-17(18(22)8-15)14-4-2-13(3-5-14)9-25-20(29)19(23)28/h2-8,16H,9-11H2,1H3,(H2,23,28)(H,24,27)(H,25,29). The largest absolute Gasteiger partial charge is 0.442 e. The van der Waals surface area contributed by atoms with Crippen LogP contribution in [0.1, 0.15) is 12.5 Å². The third-order valence-electron chi connectivity index (χ3n) is 4.66. The first kappa shape index (κ1) is 21.8. The Bertz CT molecular complexity index is 1020. The Morgan fingerprint density at radius 3 is 2.48 bits per heavy atom. The van der Waals surface area contributed by atoms with E-state index in [0.717, 1.165) is 0 Å². The molecule has 1 aliphatic rings. The molecule has 10 heteroatoms. The lowest BCUT2D eigenvalue weighted by atomic mass is 10.0. The van der Waals surface area contributed by atoms with E-state index in [1.165, 1.54) is 17.9 Å². The molecule has 3 rings (SSSR count). The number of rotatable bonds is 6. The molecule has 162 valence electrons. The van der Waals surface area contributed by atoms with Crippen molar-refractivity contribution in [2.24, 2.45) is 5.73 Å². The van der Waals surface area contributed by atoms with Crippen molar-refractivity contribution in [3.05, 3.63) is 53.8 Å². The second-order valence-electron chi connectivity index (χ2n) is 6.96. The van der Waals surface area contributed by atoms with Crippen molar-refractivity contribution < 1.29 is 28.3 Å². The van der Waals surface area contributed by atoms with Crippen LogP contribution in [0.4, 0.5) is 14.9 Å². The number of amides is 4. The number of carbonyl (C=O) groups excluding carboxylic acids is 4. The van der Waals surface area contributed by atoms with Gasteiger partial charge in [-0.15, -0.1) is 0 Å². The second kappa shape index (κ2) is 9.24. The maximum Gasteiger partial charge on any atom is 0.414 e. The van der Waals surface area contributed by atoms with E-state index in [9.17, 15) is 23.6 Å². The number of nitrogens with one attached hydrogen (secondary N) is 2. The van der Waals surface area contributed by atoms with Crippen LogP contribution in [0.25, 0.3) is 11.1 Å². The fourth-order valence-electron chi connectivity index (χ4n) is 3.07. The number of cyclic esters (lactones) is 1. The Kier molecular flexibility index (Phi) is 6.49. The minimum atomic E-state index is -1.07. The molecule has 0 spiro atoms. The molecule has 1 fully saturated rings. The molecule has 1 atom stereocenters. The van der Waals surface area contributed by atoms with Crippen LogP contribution in [0.3, 0.4) is 0 Å². The van der Waals surface area contributed by atoms with E-state index in [4.69, 9.17) is 10.5 Å². The molecule has 1 heterocycles. The summed E-state index contributed by atoms with van der Waals surface area (Å²) in [5, 5.41) is 4.95. The van der Waals surface area contributed by atoms with Gasteiger partial charge >= 0.3 is 17.9 Å². The van der Waals surface area contributed by atoms with Crippen LogP contribution in [-0.4, -0.2) is 43.0 Å². The monoisotopic (exact) mass is 428 g/mol. The molecule has 0 radical (unpaired) electrons. The van der Waals surface area contributed by atoms with Crippen molar-refractivity contribution in [3.63, 3.8) is 0 Å². The second-order valence-corrected chi connectivity index (χ2v) is 6.96. The van der Waals surface area contributed by atoms with Crippen LogP contribution < -0.4 is 21.3 Å². The first-order valence-corrected chi connectivity index (χ1v) is 9.43. The van der Waals surface area contributed by atoms with Crippen LogP contribution in [0, 0.1) is 5.82 Å². The van der Waals surface area contributed by atoms with Crippen LogP contribution >= 0.6 is 0 Å². The smallest absolute Gasteiger partial charge is 0.414 e. The molecule has 9 nitrogen and oxygen atoms in total. The number of nitrogens with two attached hydrogens (primary N) is 1. The average molecular weight is 428 g/mol. The zero-order chi connectivity index (χ0) is 22.5. The molecule has 4 N–H and O–H groups in total. The fourth-order valence-corrected chi connectivity index (χ4v) is 3.07. The first-order chi connectivity index (χ1) is 14.7. The van der Waals surface area contributed by atoms with Crippen molar-refractivity contribution in [2.75, 3.05) is 18.0 Å². The van der Waals surface area contributed by atoms with Gasteiger partial charge in [0.1, 0.15) is 11.9 Å². The number of ether oxygens (including phenoxy) is 1. The summed E-state index contributed by atoms with van der Waals surface area (Å²) in [7, 11) is 0. The lowest BCUT2D eigenvalue weighted by Gasteiger charge is -2.15. The molecule has 1 unspecified atom stereocenters. The Morgan fingerprint density at radius 2 is 1.87 bits per heavy atom. The summed E-state index contributed by atoms with van der Waals surface area (Å²) in [6.45, 7) is 1.86. The van der Waals surface area contributed by atoms with E-state index in [-0.39, 0.29) is 25.5 Å². The Morgan fingerprint density at radius 1 is 1.16 bits per heavy atom. The molecule has 31 heavy (non-hydrogen) atoms. The van der Waals surface area contributed by atoms with Gasteiger partial charge < -0.3 is 21.1 Å². The van der Waals surface area contributed by atoms with E-state index < -0.39 is 29.8 Å². The lowest BCUT2D eigenvalue weighted by molar-refractivity contribution is -0.137. The number of primary amides is 1. The maximum atomic E-state index is 14.8. The van der Waals surface area contributed by atoms with Gasteiger partial charge in [0.15, 0.2) is 0 Å². The topological polar surface area (TPSA) is 131 Å². The van der Waals surface area contributed by atoms with Crippen molar-refractivity contribution in [1.82, 2.24) is 10.6 Å². The zero-order valence-corrected chi connectivity index (χ0v) is 16.7. The third kappa shape index (κ3) is 5.35. The Balaban J connectivity index is 1.68. The van der Waals surface area contributed by atoms with Crippen LogP contribution in [0.5, 0.6) is 0 Å². The summed E-state index contributed by atoms with van der Waals surface area (Å²) in [5.74, 6) is -2.70. The van der Waals surface area contributed by atoms with Gasteiger partial charge in [-0.1, -0.05) is 24.3 Å². The SMILES string of the molecule is CC(=O)NCC1CN(c2ccc(-c3ccc(CNC(=O)C(N)=O)cc3)c(F)c2)C(=O)O1. The molecule has 1 saturated heterocycles. The minimum Gasteiger partial charge on any atom is -0.442 e. The highest BCUT2D eigenvalue weighted by Crippen LogP contribution is 2.29. The van der Waals surface area contributed by atoms with E-state index >= 15 is 0 Å². The number of hydrogen-bond donors (Lipinski definition) is 3. The number of nitrogens with zero attached hydrogens (tertiary/aromatic N) is 1. The zero-order valence-electron chi connectivity index (χ0n) is 16.7. The van der Waals surface area contributed by atoms with Crippen LogP contribution in [-0.2, 0) is 25.7 Å². The van der Waals surface area contributed by atoms with Crippen molar-refractivity contribution in [3.8, 4) is 11.1 Å². The van der Waals surface area contributed by atoms with Gasteiger partial charge in [0.2, 0.25) is 5.91 Å². The van der Waals surface area contributed by atoms with Gasteiger partial charge in [-0.2, -0.15) is 0 Å². The molecule has 0 aromatic heterocycles. The molecule has 0 aliphatic carbocycles. The molecule has 0 saturated carbocycles. The van der Waals surface area contributed by atoms with E-state index in [2.05, 4.69) is 10.6 Å². The van der Waals surface area contributed by atoms with Gasteiger partial charge in [0.05, 0.1) is 18.8 Å². The molecular formula is C21H21FN4O5. The van der Waals surface area contributed by atoms with Crippen molar-refractivity contribution in [1.29, 1.82) is 0 Å². The highest BCUT2D eigenvalue weighted by Gasteiger charge is 2.32. The Labute approximate surface area is 177 Å². The summed E-state index contributed by atoms with van der Waals surface area (Å²) >= 11 is 0. The number of halogens is 1. The minimum absolute atomic E-state index is 0.111. The van der Waals surface area contributed by atoms with Crippen molar-refractivity contribution >= 4 is 29.5 Å². The van der Waals surface area contributed by atoms with Crippen LogP contribution in [0.2, 0.25) is 0 Å². The van der Waals surface area contributed by atoms with Crippen LogP contribution in [0.15, 0.2) is 42.5 Å². The summed E-state index contributed by atoms with van der Waals surface area (Å²) < 4.78 is 20.0. The van der Waals surface area contributed by atoms with Crippen molar-refractivity contribution in [2.45, 2.75) is 19.6 Å². The first-order valence-electron chi connectivity index (χ1n) is 9.43. The van der Waals surface area contributed by atoms with Gasteiger partial charge in [-0.3, -0.25) is 19.3 Å². The highest BCUT2D eigenvalue weighted by atomic mass is 19.1. The van der Waals surface area contributed by atoms with E-state index in [0.29, 0.717) is 22.4 Å². The summed E-state index contributed by atoms with van der Waals surface area (Å²) in [6.07, 6.45) is -1.12. The predicted molar refractivity (Wildman–Crippen MR) is 109 cm³/mol. The Hall–Kier alpha value is -3.95. The third-order valence-corrected chi connectivity index (χ3v) is 4.66.